The maximum absolute atomic E-state index is 5.54. The number of aromatic nitrogens is 7. The first-order valence-corrected chi connectivity index (χ1v) is 11.0. The van der Waals surface area contributed by atoms with Crippen molar-refractivity contribution in [3.63, 3.8) is 0 Å². The number of ether oxygens (including phenoxy) is 2. The van der Waals surface area contributed by atoms with Gasteiger partial charge in [0.25, 0.3) is 5.95 Å². The van der Waals surface area contributed by atoms with Gasteiger partial charge < -0.3 is 14.4 Å². The van der Waals surface area contributed by atoms with Crippen LogP contribution >= 0.6 is 0 Å². The molecule has 0 atom stereocenters. The van der Waals surface area contributed by atoms with Crippen LogP contribution in [0.25, 0.3) is 34.2 Å². The molecule has 1 aliphatic heterocycles. The minimum absolute atomic E-state index is 0.468. The molecule has 0 N–H and O–H groups in total. The van der Waals surface area contributed by atoms with E-state index in [1.807, 2.05) is 60.8 Å². The van der Waals surface area contributed by atoms with Gasteiger partial charge in [0.1, 0.15) is 11.4 Å². The highest BCUT2D eigenvalue weighted by molar-refractivity contribution is 5.63. The average molecular weight is 454 g/mol. The number of pyridine rings is 1. The predicted octanol–water partition coefficient (Wildman–Crippen LogP) is 2.88. The molecule has 10 heteroatoms. The van der Waals surface area contributed by atoms with Crippen LogP contribution in [0.5, 0.6) is 5.75 Å². The van der Waals surface area contributed by atoms with Gasteiger partial charge in [-0.15, -0.1) is 0 Å². The topological polar surface area (TPSA) is 95.5 Å². The van der Waals surface area contributed by atoms with Crippen LogP contribution in [0.15, 0.2) is 67.0 Å². The molecule has 5 aromatic rings. The predicted molar refractivity (Wildman–Crippen MR) is 126 cm³/mol. The van der Waals surface area contributed by atoms with Crippen LogP contribution in [0.2, 0.25) is 0 Å². The number of morpholine rings is 1. The van der Waals surface area contributed by atoms with Crippen LogP contribution < -0.4 is 9.64 Å². The molecule has 1 aromatic carbocycles. The molecule has 0 spiro atoms. The molecule has 10 nitrogen and oxygen atoms in total. The Hall–Kier alpha value is -4.31. The van der Waals surface area contributed by atoms with Gasteiger partial charge in [0.2, 0.25) is 5.95 Å². The number of hydrogen-bond acceptors (Lipinski definition) is 8. The number of rotatable bonds is 5. The van der Waals surface area contributed by atoms with Crippen molar-refractivity contribution in [2.75, 3.05) is 38.3 Å². The zero-order valence-corrected chi connectivity index (χ0v) is 18.6. The van der Waals surface area contributed by atoms with Crippen LogP contribution in [0.3, 0.4) is 0 Å². The summed E-state index contributed by atoms with van der Waals surface area (Å²) in [7, 11) is 1.65. The van der Waals surface area contributed by atoms with Crippen LogP contribution in [0.1, 0.15) is 0 Å². The number of methoxy groups -OCH3 is 1. The van der Waals surface area contributed by atoms with Gasteiger partial charge in [0, 0.05) is 37.1 Å². The van der Waals surface area contributed by atoms with Crippen molar-refractivity contribution in [3.05, 3.63) is 67.0 Å². The van der Waals surface area contributed by atoms with Gasteiger partial charge in [-0.3, -0.25) is 4.98 Å². The fourth-order valence-electron chi connectivity index (χ4n) is 3.94. The second-order valence-electron chi connectivity index (χ2n) is 7.82. The summed E-state index contributed by atoms with van der Waals surface area (Å²) < 4.78 is 14.3. The summed E-state index contributed by atoms with van der Waals surface area (Å²) in [6.45, 7) is 2.71. The summed E-state index contributed by atoms with van der Waals surface area (Å²) in [4.78, 5) is 16.2. The van der Waals surface area contributed by atoms with Crippen LogP contribution in [-0.4, -0.2) is 67.8 Å². The molecule has 170 valence electrons. The molecule has 0 saturated carbocycles. The largest absolute Gasteiger partial charge is 0.497 e. The second-order valence-corrected chi connectivity index (χ2v) is 7.82. The Balaban J connectivity index is 1.45. The molecule has 0 bridgehead atoms. The highest BCUT2D eigenvalue weighted by Gasteiger charge is 2.21. The first-order chi connectivity index (χ1) is 16.8. The number of benzene rings is 1. The lowest BCUT2D eigenvalue weighted by Crippen LogP contribution is -2.38. The van der Waals surface area contributed by atoms with Crippen molar-refractivity contribution in [3.8, 4) is 34.3 Å². The summed E-state index contributed by atoms with van der Waals surface area (Å²) in [5.74, 6) is 1.94. The summed E-state index contributed by atoms with van der Waals surface area (Å²) in [6, 6.07) is 17.4. The molecule has 0 amide bonds. The van der Waals surface area contributed by atoms with E-state index in [2.05, 4.69) is 9.88 Å². The molecular weight excluding hydrogens is 432 g/mol. The highest BCUT2D eigenvalue weighted by atomic mass is 16.5. The van der Waals surface area contributed by atoms with E-state index < -0.39 is 0 Å². The lowest BCUT2D eigenvalue weighted by atomic mass is 10.1. The molecule has 1 saturated heterocycles. The molecule has 5 heterocycles. The van der Waals surface area contributed by atoms with Gasteiger partial charge in [0.15, 0.2) is 5.65 Å². The molecule has 4 aromatic heterocycles. The third-order valence-corrected chi connectivity index (χ3v) is 5.68. The maximum atomic E-state index is 5.54. The number of nitrogens with zero attached hydrogens (tertiary/aromatic N) is 8. The van der Waals surface area contributed by atoms with Crippen molar-refractivity contribution < 1.29 is 9.47 Å². The lowest BCUT2D eigenvalue weighted by Gasteiger charge is -2.27. The monoisotopic (exact) mass is 454 g/mol. The van der Waals surface area contributed by atoms with Crippen LogP contribution in [0.4, 0.5) is 5.95 Å². The molecule has 0 aliphatic carbocycles. The quantitative estimate of drug-likeness (QED) is 0.400. The van der Waals surface area contributed by atoms with Gasteiger partial charge >= 0.3 is 0 Å². The van der Waals surface area contributed by atoms with Gasteiger partial charge in [-0.25, -0.2) is 4.68 Å². The zero-order valence-electron chi connectivity index (χ0n) is 18.6. The Kier molecular flexibility index (Phi) is 5.11. The van der Waals surface area contributed by atoms with E-state index in [4.69, 9.17) is 29.6 Å². The Bertz CT molecular complexity index is 1440. The van der Waals surface area contributed by atoms with Crippen molar-refractivity contribution >= 4 is 11.6 Å². The Morgan fingerprint density at radius 3 is 2.62 bits per heavy atom. The molecule has 6 rings (SSSR count). The SMILES string of the molecule is COc1cccc(-c2ccn(-c3nc(N4CCOCC4)n4nc(-c5ccccn5)cc4n3)n2)c1. The van der Waals surface area contributed by atoms with Crippen molar-refractivity contribution in [2.45, 2.75) is 0 Å². The van der Waals surface area contributed by atoms with E-state index in [9.17, 15) is 0 Å². The van der Waals surface area contributed by atoms with Gasteiger partial charge in [-0.2, -0.15) is 24.7 Å². The average Bonchev–Trinajstić information content (AvgIpc) is 3.57. The number of hydrogen-bond donors (Lipinski definition) is 0. The van der Waals surface area contributed by atoms with Crippen LogP contribution in [-0.2, 0) is 4.74 Å². The van der Waals surface area contributed by atoms with E-state index in [-0.39, 0.29) is 0 Å². The molecule has 34 heavy (non-hydrogen) atoms. The van der Waals surface area contributed by atoms with Crippen molar-refractivity contribution in [1.82, 2.24) is 34.3 Å². The Morgan fingerprint density at radius 2 is 1.79 bits per heavy atom. The molecule has 0 unspecified atom stereocenters. The highest BCUT2D eigenvalue weighted by Crippen LogP contribution is 2.25. The minimum Gasteiger partial charge on any atom is -0.497 e. The summed E-state index contributed by atoms with van der Waals surface area (Å²) in [6.07, 6.45) is 3.61. The number of anilines is 1. The zero-order chi connectivity index (χ0) is 22.9. The van der Waals surface area contributed by atoms with E-state index in [1.54, 1.807) is 22.5 Å². The molecular formula is C24H22N8O2. The third-order valence-electron chi connectivity index (χ3n) is 5.68. The first-order valence-electron chi connectivity index (χ1n) is 11.0. The van der Waals surface area contributed by atoms with Gasteiger partial charge in [-0.05, 0) is 30.3 Å². The van der Waals surface area contributed by atoms with Gasteiger partial charge in [0.05, 0.1) is 31.7 Å². The Morgan fingerprint density at radius 1 is 0.882 bits per heavy atom. The smallest absolute Gasteiger partial charge is 0.255 e. The lowest BCUT2D eigenvalue weighted by molar-refractivity contribution is 0.121. The van der Waals surface area contributed by atoms with E-state index in [0.717, 1.165) is 41.5 Å². The standard InChI is InChI=1S/C24H22N8O2/c1-33-18-6-4-5-17(15-18)19-8-10-31(28-19)23-26-22-16-21(20-7-2-3-9-25-20)29-32(22)24(27-23)30-11-13-34-14-12-30/h2-10,15-16H,11-14H2,1H3. The minimum atomic E-state index is 0.468. The second kappa shape index (κ2) is 8.56. The van der Waals surface area contributed by atoms with Gasteiger partial charge in [-0.1, -0.05) is 18.2 Å². The molecule has 1 fully saturated rings. The van der Waals surface area contributed by atoms with Crippen molar-refractivity contribution in [1.29, 1.82) is 0 Å². The summed E-state index contributed by atoms with van der Waals surface area (Å²) in [5, 5.41) is 9.50. The third kappa shape index (κ3) is 3.73. The number of fused-ring (bicyclic) bond motifs is 1. The molecule has 0 radical (unpaired) electrons. The Labute approximate surface area is 195 Å². The normalized spacial score (nSPS) is 14.0. The first kappa shape index (κ1) is 20.3. The molecule has 1 aliphatic rings. The van der Waals surface area contributed by atoms with E-state index in [1.165, 1.54) is 0 Å². The van der Waals surface area contributed by atoms with E-state index >= 15 is 0 Å². The fourth-order valence-corrected chi connectivity index (χ4v) is 3.94. The van der Waals surface area contributed by atoms with Crippen LogP contribution in [0, 0.1) is 0 Å². The van der Waals surface area contributed by atoms with E-state index in [0.29, 0.717) is 30.8 Å². The van der Waals surface area contributed by atoms with Crippen molar-refractivity contribution in [2.24, 2.45) is 0 Å². The fraction of sp³-hybridized carbons (Fsp3) is 0.208. The maximum Gasteiger partial charge on any atom is 0.255 e. The summed E-state index contributed by atoms with van der Waals surface area (Å²) >= 11 is 0. The summed E-state index contributed by atoms with van der Waals surface area (Å²) in [5.41, 5.74) is 3.94.